The smallest absolute Gasteiger partial charge is 0.261 e. The van der Waals surface area contributed by atoms with E-state index in [2.05, 4.69) is 24.8 Å². The van der Waals surface area contributed by atoms with Gasteiger partial charge in [-0.3, -0.25) is 4.72 Å². The molecule has 0 aromatic carbocycles. The Bertz CT molecular complexity index is 781. The molecule has 3 heterocycles. The lowest BCUT2D eigenvalue weighted by Crippen LogP contribution is -2.15. The van der Waals surface area contributed by atoms with Crippen LogP contribution < -0.4 is 4.72 Å². The molecule has 19 heavy (non-hydrogen) atoms. The summed E-state index contributed by atoms with van der Waals surface area (Å²) in [5.41, 5.74) is 0.399. The van der Waals surface area contributed by atoms with Gasteiger partial charge in [-0.05, 0) is 12.1 Å². The van der Waals surface area contributed by atoms with Crippen LogP contribution in [0, 0.1) is 0 Å². The number of hydrogen-bond acceptors (Lipinski definition) is 6. The minimum atomic E-state index is -3.86. The molecule has 0 radical (unpaired) electrons. The molecular weight excluding hydrogens is 268 g/mol. The van der Waals surface area contributed by atoms with E-state index in [9.17, 15) is 8.42 Å². The maximum Gasteiger partial charge on any atom is 0.300 e. The van der Waals surface area contributed by atoms with Crippen LogP contribution >= 0.6 is 0 Å². The summed E-state index contributed by atoms with van der Waals surface area (Å²) < 4.78 is 27.7. The molecule has 0 amide bonds. The molecule has 0 aliphatic carbocycles. The average Bonchev–Trinajstić information content (AvgIpc) is 2.84. The lowest BCUT2D eigenvalue weighted by Gasteiger charge is -2.02. The van der Waals surface area contributed by atoms with Gasteiger partial charge in [-0.15, -0.1) is 5.10 Å². The quantitative estimate of drug-likeness (QED) is 0.739. The van der Waals surface area contributed by atoms with Gasteiger partial charge in [0.05, 0.1) is 0 Å². The Morgan fingerprint density at radius 2 is 2.05 bits per heavy atom. The van der Waals surface area contributed by atoms with Crippen LogP contribution in [0.3, 0.4) is 0 Å². The van der Waals surface area contributed by atoms with Gasteiger partial charge in [-0.2, -0.15) is 13.4 Å². The monoisotopic (exact) mass is 276 g/mol. The molecule has 8 nitrogen and oxygen atoms in total. The number of hydrogen-bond donors (Lipinski definition) is 1. The Kier molecular flexibility index (Phi) is 2.60. The Morgan fingerprint density at radius 3 is 2.79 bits per heavy atom. The van der Waals surface area contributed by atoms with Gasteiger partial charge in [0.2, 0.25) is 0 Å². The van der Waals surface area contributed by atoms with E-state index >= 15 is 0 Å². The van der Waals surface area contributed by atoms with Crippen LogP contribution in [0.15, 0.2) is 48.1 Å². The predicted octanol–water partition coefficient (Wildman–Crippen LogP) is 0.320. The van der Waals surface area contributed by atoms with Crippen LogP contribution in [-0.2, 0) is 10.0 Å². The molecule has 3 aromatic rings. The Morgan fingerprint density at radius 1 is 1.16 bits per heavy atom. The molecule has 0 saturated heterocycles. The van der Waals surface area contributed by atoms with Crippen molar-refractivity contribution in [1.82, 2.24) is 24.6 Å². The van der Waals surface area contributed by atoms with Crippen molar-refractivity contribution in [3.8, 4) is 0 Å². The number of nitrogens with one attached hydrogen (secondary N) is 1. The van der Waals surface area contributed by atoms with Crippen LogP contribution in [0.4, 0.5) is 5.82 Å². The fourth-order valence-corrected chi connectivity index (χ4v) is 2.34. The van der Waals surface area contributed by atoms with Gasteiger partial charge in [0.1, 0.15) is 12.1 Å². The van der Waals surface area contributed by atoms with E-state index < -0.39 is 10.0 Å². The number of nitrogens with zero attached hydrogens (tertiary/aromatic N) is 5. The molecule has 0 spiro atoms. The van der Waals surface area contributed by atoms with Gasteiger partial charge in [0, 0.05) is 18.5 Å². The van der Waals surface area contributed by atoms with E-state index in [-0.39, 0.29) is 11.0 Å². The van der Waals surface area contributed by atoms with Crippen molar-refractivity contribution in [2.45, 2.75) is 5.16 Å². The second-order valence-electron chi connectivity index (χ2n) is 3.60. The SMILES string of the molecule is O=S(=O)(Nc1ccccn1)c1nc2ccncn2n1. The molecule has 0 atom stereocenters. The van der Waals surface area contributed by atoms with Crippen molar-refractivity contribution in [3.63, 3.8) is 0 Å². The second kappa shape index (κ2) is 4.28. The van der Waals surface area contributed by atoms with E-state index in [1.807, 2.05) is 0 Å². The summed E-state index contributed by atoms with van der Waals surface area (Å²) >= 11 is 0. The molecule has 0 unspecified atom stereocenters. The Hall–Kier alpha value is -2.55. The Labute approximate surface area is 108 Å². The van der Waals surface area contributed by atoms with Crippen LogP contribution in [0.1, 0.15) is 0 Å². The summed E-state index contributed by atoms with van der Waals surface area (Å²) in [6.07, 6.45) is 4.37. The van der Waals surface area contributed by atoms with Crippen LogP contribution in [0.25, 0.3) is 5.65 Å². The van der Waals surface area contributed by atoms with E-state index in [0.717, 1.165) is 0 Å². The minimum absolute atomic E-state index is 0.208. The van der Waals surface area contributed by atoms with Gasteiger partial charge < -0.3 is 0 Å². The summed E-state index contributed by atoms with van der Waals surface area (Å²) in [6.45, 7) is 0. The maximum absolute atomic E-state index is 12.1. The van der Waals surface area contributed by atoms with Crippen molar-refractivity contribution in [2.75, 3.05) is 4.72 Å². The molecule has 0 saturated carbocycles. The number of fused-ring (bicyclic) bond motifs is 1. The third-order valence-corrected chi connectivity index (χ3v) is 3.40. The topological polar surface area (TPSA) is 102 Å². The number of rotatable bonds is 3. The molecule has 0 aliphatic rings. The lowest BCUT2D eigenvalue weighted by molar-refractivity contribution is 0.592. The fourth-order valence-electron chi connectivity index (χ4n) is 1.45. The molecule has 1 N–H and O–H groups in total. The second-order valence-corrected chi connectivity index (χ2v) is 5.17. The average molecular weight is 276 g/mol. The van der Waals surface area contributed by atoms with Gasteiger partial charge in [0.25, 0.3) is 5.16 Å². The molecule has 0 fully saturated rings. The highest BCUT2D eigenvalue weighted by atomic mass is 32.2. The number of sulfonamides is 1. The first-order valence-corrected chi connectivity index (χ1v) is 6.74. The highest BCUT2D eigenvalue weighted by Gasteiger charge is 2.20. The molecular formula is C10H8N6O2S. The van der Waals surface area contributed by atoms with Crippen molar-refractivity contribution in [2.24, 2.45) is 0 Å². The largest absolute Gasteiger partial charge is 0.300 e. The van der Waals surface area contributed by atoms with E-state index in [1.54, 1.807) is 18.2 Å². The first-order chi connectivity index (χ1) is 9.15. The molecule has 3 rings (SSSR count). The molecule has 9 heteroatoms. The number of aromatic nitrogens is 5. The first-order valence-electron chi connectivity index (χ1n) is 5.25. The lowest BCUT2D eigenvalue weighted by atomic mass is 10.5. The molecule has 96 valence electrons. The zero-order chi connectivity index (χ0) is 13.3. The number of anilines is 1. The highest BCUT2D eigenvalue weighted by Crippen LogP contribution is 2.10. The van der Waals surface area contributed by atoms with Crippen LogP contribution in [0.5, 0.6) is 0 Å². The van der Waals surface area contributed by atoms with Crippen molar-refractivity contribution < 1.29 is 8.42 Å². The summed E-state index contributed by atoms with van der Waals surface area (Å²) in [5.74, 6) is 0.208. The van der Waals surface area contributed by atoms with Crippen molar-refractivity contribution in [3.05, 3.63) is 43.0 Å². The predicted molar refractivity (Wildman–Crippen MR) is 65.8 cm³/mol. The van der Waals surface area contributed by atoms with Gasteiger partial charge in [-0.1, -0.05) is 6.07 Å². The third-order valence-electron chi connectivity index (χ3n) is 2.27. The Balaban J connectivity index is 2.00. The van der Waals surface area contributed by atoms with Crippen LogP contribution in [-0.4, -0.2) is 33.0 Å². The minimum Gasteiger partial charge on any atom is -0.261 e. The zero-order valence-corrected chi connectivity index (χ0v) is 10.3. The fraction of sp³-hybridized carbons (Fsp3) is 0. The summed E-state index contributed by atoms with van der Waals surface area (Å²) in [7, 11) is -3.86. The summed E-state index contributed by atoms with van der Waals surface area (Å²) in [6, 6.07) is 6.46. The van der Waals surface area contributed by atoms with Gasteiger partial charge in [-0.25, -0.2) is 14.5 Å². The standard InChI is InChI=1S/C10H8N6O2S/c17-19(18,15-8-3-1-2-5-12-8)10-13-9-4-6-11-7-16(9)14-10/h1-7H,(H,12,15). The molecule has 0 aliphatic heterocycles. The van der Waals surface area contributed by atoms with Gasteiger partial charge >= 0.3 is 10.0 Å². The summed E-state index contributed by atoms with van der Waals surface area (Å²) in [5, 5.41) is 3.52. The van der Waals surface area contributed by atoms with Crippen molar-refractivity contribution in [1.29, 1.82) is 0 Å². The number of pyridine rings is 1. The van der Waals surface area contributed by atoms with Crippen LogP contribution in [0.2, 0.25) is 0 Å². The maximum atomic E-state index is 12.1. The van der Waals surface area contributed by atoms with Crippen molar-refractivity contribution >= 4 is 21.5 Å². The van der Waals surface area contributed by atoms with Gasteiger partial charge in [0.15, 0.2) is 5.65 Å². The van der Waals surface area contributed by atoms with E-state index in [1.165, 1.54) is 29.3 Å². The zero-order valence-electron chi connectivity index (χ0n) is 9.50. The summed E-state index contributed by atoms with van der Waals surface area (Å²) in [4.78, 5) is 11.6. The molecule has 0 bridgehead atoms. The third kappa shape index (κ3) is 2.22. The van der Waals surface area contributed by atoms with E-state index in [4.69, 9.17) is 0 Å². The molecule has 3 aromatic heterocycles. The highest BCUT2D eigenvalue weighted by molar-refractivity contribution is 7.92. The first kappa shape index (κ1) is 11.5. The van der Waals surface area contributed by atoms with E-state index in [0.29, 0.717) is 5.65 Å². The normalized spacial score (nSPS) is 11.6.